The number of rotatable bonds is 7. The zero-order valence-electron chi connectivity index (χ0n) is 9.33. The van der Waals surface area contributed by atoms with Gasteiger partial charge in [-0.1, -0.05) is 44.4 Å². The van der Waals surface area contributed by atoms with Crippen LogP contribution >= 0.6 is 0 Å². The first kappa shape index (κ1) is 13.4. The van der Waals surface area contributed by atoms with Gasteiger partial charge in [-0.3, -0.25) is 4.79 Å². The molecule has 2 heteroatoms. The third-order valence-electron chi connectivity index (χ3n) is 1.80. The van der Waals surface area contributed by atoms with Gasteiger partial charge in [-0.15, -0.1) is 0 Å². The Morgan fingerprint density at radius 2 is 2.13 bits per heavy atom. The summed E-state index contributed by atoms with van der Waals surface area (Å²) >= 11 is 0. The van der Waals surface area contributed by atoms with Gasteiger partial charge in [0.25, 0.3) is 0 Å². The Kier molecular flexibility index (Phi) is 8.06. The number of amides is 1. The molecule has 0 aromatic rings. The highest BCUT2D eigenvalue weighted by Gasteiger charge is 1.94. The van der Waals surface area contributed by atoms with E-state index < -0.39 is 0 Å². The molecule has 0 aromatic carbocycles. The minimum atomic E-state index is -0.132. The van der Waals surface area contributed by atoms with E-state index in [-0.39, 0.29) is 5.91 Å². The van der Waals surface area contributed by atoms with E-state index in [0.29, 0.717) is 6.54 Å². The highest BCUT2D eigenvalue weighted by atomic mass is 16.1. The Morgan fingerprint density at radius 3 is 2.67 bits per heavy atom. The summed E-state index contributed by atoms with van der Waals surface area (Å²) < 4.78 is 0. The van der Waals surface area contributed by atoms with Crippen molar-refractivity contribution < 1.29 is 4.79 Å². The molecule has 0 radical (unpaired) electrons. The van der Waals surface area contributed by atoms with E-state index in [2.05, 4.69) is 37.6 Å². The van der Waals surface area contributed by atoms with E-state index in [9.17, 15) is 4.79 Å². The van der Waals surface area contributed by atoms with Crippen molar-refractivity contribution in [2.45, 2.75) is 19.8 Å². The Bertz CT molecular complexity index is 274. The van der Waals surface area contributed by atoms with Crippen molar-refractivity contribution >= 4 is 5.91 Å². The molecule has 0 heterocycles. The quantitative estimate of drug-likeness (QED) is 0.502. The lowest BCUT2D eigenvalue weighted by atomic mass is 10.1. The topological polar surface area (TPSA) is 29.1 Å². The molecule has 1 N–H and O–H groups in total. The van der Waals surface area contributed by atoms with Crippen LogP contribution in [0.2, 0.25) is 0 Å². The largest absolute Gasteiger partial charge is 0.352 e. The number of nitrogens with one attached hydrogen (secondary N) is 1. The molecule has 82 valence electrons. The molecule has 1 amide bonds. The van der Waals surface area contributed by atoms with Crippen LogP contribution in [0.25, 0.3) is 0 Å². The number of allylic oxidation sites excluding steroid dienone is 4. The fourth-order valence-electron chi connectivity index (χ4n) is 1.05. The highest BCUT2D eigenvalue weighted by Crippen LogP contribution is 2.03. The molecule has 0 spiro atoms. The van der Waals surface area contributed by atoms with Gasteiger partial charge in [-0.05, 0) is 24.5 Å². The van der Waals surface area contributed by atoms with Gasteiger partial charge in [0.2, 0.25) is 5.91 Å². The van der Waals surface area contributed by atoms with E-state index >= 15 is 0 Å². The standard InChI is InChI=1S/C13H19NO/c1-4-7-9-12(8-5-2)10-11-14-13(15)6-3/h5-9H,2-4,10-11H2,1H3,(H,14,15)/b9-7-,12-8+. The molecular formula is C13H19NO. The average Bonchev–Trinajstić information content (AvgIpc) is 2.25. The minimum Gasteiger partial charge on any atom is -0.352 e. The second kappa shape index (κ2) is 9.00. The molecule has 0 saturated carbocycles. The van der Waals surface area contributed by atoms with Gasteiger partial charge in [-0.25, -0.2) is 0 Å². The highest BCUT2D eigenvalue weighted by molar-refractivity contribution is 5.86. The molecule has 0 saturated heterocycles. The molecule has 0 rings (SSSR count). The van der Waals surface area contributed by atoms with Crippen LogP contribution in [0.4, 0.5) is 0 Å². The second-order valence-corrected chi connectivity index (χ2v) is 3.03. The Morgan fingerprint density at radius 1 is 1.40 bits per heavy atom. The second-order valence-electron chi connectivity index (χ2n) is 3.03. The first-order valence-corrected chi connectivity index (χ1v) is 5.13. The van der Waals surface area contributed by atoms with Crippen molar-refractivity contribution in [3.05, 3.63) is 49.1 Å². The fourth-order valence-corrected chi connectivity index (χ4v) is 1.05. The van der Waals surface area contributed by atoms with Gasteiger partial charge in [0.15, 0.2) is 0 Å². The summed E-state index contributed by atoms with van der Waals surface area (Å²) in [6, 6.07) is 0. The number of hydrogen-bond donors (Lipinski definition) is 1. The Labute approximate surface area is 92.1 Å². The van der Waals surface area contributed by atoms with Crippen molar-refractivity contribution in [2.24, 2.45) is 0 Å². The Hall–Kier alpha value is -1.57. The number of carbonyl (C=O) groups is 1. The zero-order chi connectivity index (χ0) is 11.5. The third-order valence-corrected chi connectivity index (χ3v) is 1.80. The predicted molar refractivity (Wildman–Crippen MR) is 65.5 cm³/mol. The lowest BCUT2D eigenvalue weighted by Gasteiger charge is -2.02. The molecule has 0 atom stereocenters. The van der Waals surface area contributed by atoms with E-state index in [0.717, 1.165) is 18.4 Å². The van der Waals surface area contributed by atoms with Crippen molar-refractivity contribution in [1.29, 1.82) is 0 Å². The van der Waals surface area contributed by atoms with Crippen LogP contribution in [-0.2, 0) is 4.79 Å². The number of carbonyl (C=O) groups excluding carboxylic acids is 1. The summed E-state index contributed by atoms with van der Waals surface area (Å²) in [5.41, 5.74) is 1.16. The van der Waals surface area contributed by atoms with E-state index in [1.54, 1.807) is 6.08 Å². The molecular weight excluding hydrogens is 186 g/mol. The first-order valence-electron chi connectivity index (χ1n) is 5.13. The van der Waals surface area contributed by atoms with Crippen molar-refractivity contribution in [3.8, 4) is 0 Å². The van der Waals surface area contributed by atoms with Crippen molar-refractivity contribution in [2.75, 3.05) is 6.54 Å². The van der Waals surface area contributed by atoms with Crippen LogP contribution in [0, 0.1) is 0 Å². The summed E-state index contributed by atoms with van der Waals surface area (Å²) in [5, 5.41) is 2.73. The van der Waals surface area contributed by atoms with Crippen LogP contribution < -0.4 is 5.32 Å². The molecule has 15 heavy (non-hydrogen) atoms. The third kappa shape index (κ3) is 7.50. The van der Waals surface area contributed by atoms with Crippen LogP contribution in [0.15, 0.2) is 49.1 Å². The SMILES string of the molecule is C=C/C=C(\C=C/CC)CCNC(=O)C=C. The lowest BCUT2D eigenvalue weighted by Crippen LogP contribution is -2.21. The maximum atomic E-state index is 10.9. The number of hydrogen-bond acceptors (Lipinski definition) is 1. The van der Waals surface area contributed by atoms with Crippen molar-refractivity contribution in [1.82, 2.24) is 5.32 Å². The maximum Gasteiger partial charge on any atom is 0.243 e. The van der Waals surface area contributed by atoms with Gasteiger partial charge >= 0.3 is 0 Å². The van der Waals surface area contributed by atoms with Gasteiger partial charge < -0.3 is 5.32 Å². The fraction of sp³-hybridized carbons (Fsp3) is 0.308. The van der Waals surface area contributed by atoms with Crippen LogP contribution in [0.5, 0.6) is 0 Å². The average molecular weight is 205 g/mol. The summed E-state index contributed by atoms with van der Waals surface area (Å²) in [6.45, 7) is 9.75. The summed E-state index contributed by atoms with van der Waals surface area (Å²) in [4.78, 5) is 10.9. The normalized spacial score (nSPS) is 11.4. The smallest absolute Gasteiger partial charge is 0.243 e. The van der Waals surface area contributed by atoms with Crippen molar-refractivity contribution in [3.63, 3.8) is 0 Å². The van der Waals surface area contributed by atoms with Crippen LogP contribution in [0.3, 0.4) is 0 Å². The molecule has 0 aliphatic carbocycles. The van der Waals surface area contributed by atoms with Crippen LogP contribution in [0.1, 0.15) is 19.8 Å². The van der Waals surface area contributed by atoms with E-state index in [1.165, 1.54) is 6.08 Å². The van der Waals surface area contributed by atoms with Gasteiger partial charge in [0.05, 0.1) is 0 Å². The maximum absolute atomic E-state index is 10.9. The first-order chi connectivity index (χ1) is 7.24. The monoisotopic (exact) mass is 205 g/mol. The van der Waals surface area contributed by atoms with Gasteiger partial charge in [0, 0.05) is 6.54 Å². The Balaban J connectivity index is 4.02. The molecule has 2 nitrogen and oxygen atoms in total. The molecule has 0 unspecified atom stereocenters. The minimum absolute atomic E-state index is 0.132. The molecule has 0 aliphatic heterocycles. The van der Waals surface area contributed by atoms with Crippen LogP contribution in [-0.4, -0.2) is 12.5 Å². The predicted octanol–water partition coefficient (Wildman–Crippen LogP) is 2.76. The zero-order valence-corrected chi connectivity index (χ0v) is 9.33. The molecule has 0 bridgehead atoms. The molecule has 0 aromatic heterocycles. The molecule has 0 aliphatic rings. The summed E-state index contributed by atoms with van der Waals surface area (Å²) in [5.74, 6) is -0.132. The lowest BCUT2D eigenvalue weighted by molar-refractivity contribution is -0.116. The summed E-state index contributed by atoms with van der Waals surface area (Å²) in [6.07, 6.45) is 10.9. The van der Waals surface area contributed by atoms with E-state index in [4.69, 9.17) is 0 Å². The molecule has 0 fully saturated rings. The van der Waals surface area contributed by atoms with Gasteiger partial charge in [-0.2, -0.15) is 0 Å². The van der Waals surface area contributed by atoms with Gasteiger partial charge in [0.1, 0.15) is 0 Å². The van der Waals surface area contributed by atoms with E-state index in [1.807, 2.05) is 6.08 Å². The summed E-state index contributed by atoms with van der Waals surface area (Å²) in [7, 11) is 0.